The van der Waals surface area contributed by atoms with E-state index in [1.807, 2.05) is 0 Å². The standard InChI is InChI=1S/C20H32N2/c1-3-5-6-7-8-12-15-20-21(4-2)16-17-22(20)18-19-13-10-9-11-14-19/h9-11,13-14,16-17,20H,3-8,12,15,18H2,1-2H3. The zero-order valence-electron chi connectivity index (χ0n) is 14.4. The maximum absolute atomic E-state index is 2.50. The zero-order chi connectivity index (χ0) is 15.6. The average molecular weight is 300 g/mol. The van der Waals surface area contributed by atoms with Gasteiger partial charge in [-0.2, -0.15) is 0 Å². The molecule has 0 saturated carbocycles. The fraction of sp³-hybridized carbons (Fsp3) is 0.600. The van der Waals surface area contributed by atoms with Gasteiger partial charge in [0.15, 0.2) is 0 Å². The highest BCUT2D eigenvalue weighted by Crippen LogP contribution is 2.23. The van der Waals surface area contributed by atoms with Gasteiger partial charge in [-0.05, 0) is 25.3 Å². The number of unbranched alkanes of at least 4 members (excludes halogenated alkanes) is 5. The molecular weight excluding hydrogens is 268 g/mol. The van der Waals surface area contributed by atoms with E-state index < -0.39 is 0 Å². The Hall–Kier alpha value is -1.44. The van der Waals surface area contributed by atoms with E-state index in [4.69, 9.17) is 0 Å². The Bertz CT molecular complexity index is 427. The van der Waals surface area contributed by atoms with Gasteiger partial charge >= 0.3 is 0 Å². The topological polar surface area (TPSA) is 6.48 Å². The zero-order valence-corrected chi connectivity index (χ0v) is 14.4. The summed E-state index contributed by atoms with van der Waals surface area (Å²) in [4.78, 5) is 4.99. The minimum absolute atomic E-state index is 0.552. The van der Waals surface area contributed by atoms with E-state index in [2.05, 4.69) is 66.4 Å². The van der Waals surface area contributed by atoms with E-state index in [1.54, 1.807) is 0 Å². The van der Waals surface area contributed by atoms with Gasteiger partial charge in [-0.15, -0.1) is 0 Å². The minimum atomic E-state index is 0.552. The molecule has 1 aliphatic heterocycles. The first kappa shape index (κ1) is 16.9. The van der Waals surface area contributed by atoms with Crippen molar-refractivity contribution in [1.82, 2.24) is 9.80 Å². The summed E-state index contributed by atoms with van der Waals surface area (Å²) < 4.78 is 0. The summed E-state index contributed by atoms with van der Waals surface area (Å²) in [5.41, 5.74) is 1.40. The third-order valence-electron chi connectivity index (χ3n) is 4.60. The number of benzene rings is 1. The second-order valence-electron chi connectivity index (χ2n) is 6.32. The molecule has 1 aromatic rings. The van der Waals surface area contributed by atoms with Crippen LogP contribution in [0.3, 0.4) is 0 Å². The smallest absolute Gasteiger partial charge is 0.101 e. The van der Waals surface area contributed by atoms with Crippen molar-refractivity contribution in [3.8, 4) is 0 Å². The van der Waals surface area contributed by atoms with Crippen molar-refractivity contribution < 1.29 is 0 Å². The molecule has 2 rings (SSSR count). The van der Waals surface area contributed by atoms with Crippen LogP contribution in [0.2, 0.25) is 0 Å². The first-order valence-corrected chi connectivity index (χ1v) is 9.09. The molecule has 0 spiro atoms. The lowest BCUT2D eigenvalue weighted by molar-refractivity contribution is 0.139. The Morgan fingerprint density at radius 2 is 1.50 bits per heavy atom. The van der Waals surface area contributed by atoms with E-state index in [-0.39, 0.29) is 0 Å². The Labute approximate surface area is 136 Å². The van der Waals surface area contributed by atoms with Gasteiger partial charge in [-0.25, -0.2) is 0 Å². The molecule has 1 unspecified atom stereocenters. The molecule has 0 saturated heterocycles. The highest BCUT2D eigenvalue weighted by Gasteiger charge is 2.24. The van der Waals surface area contributed by atoms with E-state index in [0.717, 1.165) is 13.1 Å². The highest BCUT2D eigenvalue weighted by molar-refractivity contribution is 5.15. The van der Waals surface area contributed by atoms with Crippen LogP contribution >= 0.6 is 0 Å². The summed E-state index contributed by atoms with van der Waals surface area (Å²) >= 11 is 0. The van der Waals surface area contributed by atoms with Crippen molar-refractivity contribution in [1.29, 1.82) is 0 Å². The molecule has 0 fully saturated rings. The van der Waals surface area contributed by atoms with Gasteiger partial charge < -0.3 is 9.80 Å². The van der Waals surface area contributed by atoms with E-state index in [1.165, 1.54) is 50.5 Å². The Morgan fingerprint density at radius 1 is 0.818 bits per heavy atom. The molecule has 1 heterocycles. The quantitative estimate of drug-likeness (QED) is 0.536. The van der Waals surface area contributed by atoms with Crippen LogP contribution in [0, 0.1) is 0 Å². The van der Waals surface area contributed by atoms with Gasteiger partial charge in [-0.1, -0.05) is 69.4 Å². The number of nitrogens with zero attached hydrogens (tertiary/aromatic N) is 2. The first-order valence-electron chi connectivity index (χ1n) is 9.09. The third kappa shape index (κ3) is 5.08. The monoisotopic (exact) mass is 300 g/mol. The van der Waals surface area contributed by atoms with Crippen LogP contribution in [0.25, 0.3) is 0 Å². The molecule has 1 aliphatic rings. The van der Waals surface area contributed by atoms with Crippen molar-refractivity contribution >= 4 is 0 Å². The number of hydrogen-bond acceptors (Lipinski definition) is 2. The molecule has 0 bridgehead atoms. The summed E-state index contributed by atoms with van der Waals surface area (Å²) in [6.45, 7) is 6.66. The van der Waals surface area contributed by atoms with Gasteiger partial charge in [0.2, 0.25) is 0 Å². The Morgan fingerprint density at radius 3 is 2.23 bits per heavy atom. The SMILES string of the molecule is CCCCCCCCC1N(CC)C=CN1Cc1ccccc1. The van der Waals surface area contributed by atoms with E-state index >= 15 is 0 Å². The predicted octanol–water partition coefficient (Wildman–Crippen LogP) is 5.37. The summed E-state index contributed by atoms with van der Waals surface area (Å²) in [5.74, 6) is 0. The fourth-order valence-electron chi connectivity index (χ4n) is 3.27. The average Bonchev–Trinajstić information content (AvgIpc) is 2.93. The maximum Gasteiger partial charge on any atom is 0.101 e. The summed E-state index contributed by atoms with van der Waals surface area (Å²) in [7, 11) is 0. The summed E-state index contributed by atoms with van der Waals surface area (Å²) in [6.07, 6.45) is 14.6. The lowest BCUT2D eigenvalue weighted by atomic mass is 10.1. The normalized spacial score (nSPS) is 17.5. The van der Waals surface area contributed by atoms with Crippen molar-refractivity contribution in [2.75, 3.05) is 6.54 Å². The van der Waals surface area contributed by atoms with Crippen LogP contribution in [0.5, 0.6) is 0 Å². The van der Waals surface area contributed by atoms with Crippen LogP contribution in [-0.4, -0.2) is 22.5 Å². The maximum atomic E-state index is 2.50. The lowest BCUT2D eigenvalue weighted by Gasteiger charge is -2.32. The molecule has 0 aromatic heterocycles. The predicted molar refractivity (Wildman–Crippen MR) is 95.3 cm³/mol. The summed E-state index contributed by atoms with van der Waals surface area (Å²) in [5, 5.41) is 0. The number of hydrogen-bond donors (Lipinski definition) is 0. The molecule has 22 heavy (non-hydrogen) atoms. The van der Waals surface area contributed by atoms with Crippen LogP contribution in [-0.2, 0) is 6.54 Å². The van der Waals surface area contributed by atoms with Crippen LogP contribution in [0.15, 0.2) is 42.7 Å². The molecule has 2 heteroatoms. The molecule has 1 atom stereocenters. The van der Waals surface area contributed by atoms with E-state index in [9.17, 15) is 0 Å². The van der Waals surface area contributed by atoms with Crippen molar-refractivity contribution in [2.24, 2.45) is 0 Å². The van der Waals surface area contributed by atoms with Crippen molar-refractivity contribution in [3.63, 3.8) is 0 Å². The lowest BCUT2D eigenvalue weighted by Crippen LogP contribution is -2.38. The first-order chi connectivity index (χ1) is 10.8. The molecule has 2 nitrogen and oxygen atoms in total. The Kier molecular flexibility index (Phi) is 7.35. The van der Waals surface area contributed by atoms with Crippen LogP contribution in [0.4, 0.5) is 0 Å². The van der Waals surface area contributed by atoms with Gasteiger partial charge in [-0.3, -0.25) is 0 Å². The highest BCUT2D eigenvalue weighted by atomic mass is 15.4. The molecule has 0 radical (unpaired) electrons. The van der Waals surface area contributed by atoms with Gasteiger partial charge in [0.05, 0.1) is 0 Å². The molecule has 1 aromatic carbocycles. The van der Waals surface area contributed by atoms with Crippen LogP contribution < -0.4 is 0 Å². The molecule has 122 valence electrons. The molecule has 0 amide bonds. The third-order valence-corrected chi connectivity index (χ3v) is 4.60. The fourth-order valence-corrected chi connectivity index (χ4v) is 3.27. The molecular formula is C20H32N2. The van der Waals surface area contributed by atoms with E-state index in [0.29, 0.717) is 6.17 Å². The Balaban J connectivity index is 1.80. The largest absolute Gasteiger partial charge is 0.356 e. The summed E-state index contributed by atoms with van der Waals surface area (Å²) in [6, 6.07) is 10.8. The van der Waals surface area contributed by atoms with Gasteiger partial charge in [0.25, 0.3) is 0 Å². The van der Waals surface area contributed by atoms with Gasteiger partial charge in [0.1, 0.15) is 6.17 Å². The van der Waals surface area contributed by atoms with Crippen molar-refractivity contribution in [2.45, 2.75) is 71.5 Å². The second-order valence-corrected chi connectivity index (χ2v) is 6.32. The number of rotatable bonds is 10. The van der Waals surface area contributed by atoms with Crippen molar-refractivity contribution in [3.05, 3.63) is 48.3 Å². The molecule has 0 aliphatic carbocycles. The van der Waals surface area contributed by atoms with Gasteiger partial charge in [0, 0.05) is 25.5 Å². The van der Waals surface area contributed by atoms with Crippen LogP contribution in [0.1, 0.15) is 64.4 Å². The second kappa shape index (κ2) is 9.55. The molecule has 0 N–H and O–H groups in total. The minimum Gasteiger partial charge on any atom is -0.356 e.